The van der Waals surface area contributed by atoms with Gasteiger partial charge < -0.3 is 5.32 Å². The average molecular weight is 196 g/mol. The van der Waals surface area contributed by atoms with Gasteiger partial charge in [-0.3, -0.25) is 4.98 Å². The molecule has 0 spiro atoms. The van der Waals surface area contributed by atoms with Gasteiger partial charge in [-0.25, -0.2) is 9.48 Å². The lowest BCUT2D eigenvalue weighted by Crippen LogP contribution is -2.31. The first-order valence-corrected chi connectivity index (χ1v) is 5.08. The van der Waals surface area contributed by atoms with Gasteiger partial charge in [0, 0.05) is 13.5 Å². The molecule has 1 aliphatic rings. The molecule has 1 aromatic rings. The van der Waals surface area contributed by atoms with E-state index in [0.717, 1.165) is 25.3 Å². The Hall–Kier alpha value is -1.10. The Morgan fingerprint density at radius 3 is 3.07 bits per heavy atom. The standard InChI is InChI=1S/C9H16N4O/c1-13-9(14)11-8(12-13)5-7-3-2-4-10-6-7/h7,10H,2-6H2,1H3,(H,11,12,14). The lowest BCUT2D eigenvalue weighted by molar-refractivity contribution is 0.370. The van der Waals surface area contributed by atoms with Crippen LogP contribution in [0.3, 0.4) is 0 Å². The van der Waals surface area contributed by atoms with Crippen molar-refractivity contribution in [1.82, 2.24) is 20.1 Å². The molecule has 0 aromatic carbocycles. The number of rotatable bonds is 2. The van der Waals surface area contributed by atoms with Crippen LogP contribution in [0.4, 0.5) is 0 Å². The molecule has 1 aromatic heterocycles. The van der Waals surface area contributed by atoms with E-state index in [1.807, 2.05) is 0 Å². The summed E-state index contributed by atoms with van der Waals surface area (Å²) in [4.78, 5) is 13.9. The highest BCUT2D eigenvalue weighted by molar-refractivity contribution is 4.86. The molecule has 1 aliphatic heterocycles. The predicted octanol–water partition coefficient (Wildman–Crippen LogP) is -0.349. The summed E-state index contributed by atoms with van der Waals surface area (Å²) in [5, 5.41) is 7.48. The molecule has 1 fully saturated rings. The summed E-state index contributed by atoms with van der Waals surface area (Å²) in [6.45, 7) is 2.16. The van der Waals surface area contributed by atoms with E-state index in [0.29, 0.717) is 5.92 Å². The van der Waals surface area contributed by atoms with E-state index in [1.165, 1.54) is 17.5 Å². The van der Waals surface area contributed by atoms with Crippen molar-refractivity contribution in [2.75, 3.05) is 13.1 Å². The average Bonchev–Trinajstić information content (AvgIpc) is 2.47. The van der Waals surface area contributed by atoms with Crippen molar-refractivity contribution in [2.24, 2.45) is 13.0 Å². The largest absolute Gasteiger partial charge is 0.342 e. The van der Waals surface area contributed by atoms with Crippen molar-refractivity contribution < 1.29 is 0 Å². The zero-order chi connectivity index (χ0) is 9.97. The van der Waals surface area contributed by atoms with Gasteiger partial charge in [0.2, 0.25) is 0 Å². The molecule has 78 valence electrons. The number of hydrogen-bond acceptors (Lipinski definition) is 3. The van der Waals surface area contributed by atoms with Crippen molar-refractivity contribution in [3.8, 4) is 0 Å². The summed E-state index contributed by atoms with van der Waals surface area (Å²) < 4.78 is 1.35. The van der Waals surface area contributed by atoms with E-state index in [2.05, 4.69) is 15.4 Å². The Morgan fingerprint density at radius 2 is 2.50 bits per heavy atom. The van der Waals surface area contributed by atoms with Crippen molar-refractivity contribution in [3.05, 3.63) is 16.3 Å². The first kappa shape index (κ1) is 9.45. The molecule has 1 unspecified atom stereocenters. The second-order valence-corrected chi connectivity index (χ2v) is 3.92. The van der Waals surface area contributed by atoms with E-state index >= 15 is 0 Å². The Labute approximate surface area is 82.5 Å². The lowest BCUT2D eigenvalue weighted by atomic mass is 9.96. The number of piperidine rings is 1. The fraction of sp³-hybridized carbons (Fsp3) is 0.778. The zero-order valence-electron chi connectivity index (χ0n) is 8.42. The lowest BCUT2D eigenvalue weighted by Gasteiger charge is -2.21. The van der Waals surface area contributed by atoms with Gasteiger partial charge in [-0.05, 0) is 31.8 Å². The molecule has 14 heavy (non-hydrogen) atoms. The van der Waals surface area contributed by atoms with E-state index < -0.39 is 0 Å². The molecule has 2 rings (SSSR count). The molecule has 5 heteroatoms. The predicted molar refractivity (Wildman–Crippen MR) is 53.1 cm³/mol. The highest BCUT2D eigenvalue weighted by atomic mass is 16.1. The van der Waals surface area contributed by atoms with Crippen LogP contribution in [0, 0.1) is 5.92 Å². The van der Waals surface area contributed by atoms with E-state index in [1.54, 1.807) is 7.05 Å². The van der Waals surface area contributed by atoms with E-state index in [9.17, 15) is 4.79 Å². The summed E-state index contributed by atoms with van der Waals surface area (Å²) >= 11 is 0. The van der Waals surface area contributed by atoms with Crippen LogP contribution in [-0.4, -0.2) is 27.9 Å². The van der Waals surface area contributed by atoms with Crippen molar-refractivity contribution in [2.45, 2.75) is 19.3 Å². The summed E-state index contributed by atoms with van der Waals surface area (Å²) in [6.07, 6.45) is 3.33. The minimum Gasteiger partial charge on any atom is -0.316 e. The maximum atomic E-state index is 11.1. The summed E-state index contributed by atoms with van der Waals surface area (Å²) in [5.41, 5.74) is -0.122. The molecule has 0 amide bonds. The summed E-state index contributed by atoms with van der Waals surface area (Å²) in [5.74, 6) is 1.43. The maximum absolute atomic E-state index is 11.1. The van der Waals surface area contributed by atoms with Crippen molar-refractivity contribution in [1.29, 1.82) is 0 Å². The van der Waals surface area contributed by atoms with Crippen LogP contribution in [-0.2, 0) is 13.5 Å². The highest BCUT2D eigenvalue weighted by Crippen LogP contribution is 2.13. The van der Waals surface area contributed by atoms with Gasteiger partial charge in [0.1, 0.15) is 5.82 Å². The van der Waals surface area contributed by atoms with Gasteiger partial charge in [0.05, 0.1) is 0 Å². The molecule has 2 N–H and O–H groups in total. The van der Waals surface area contributed by atoms with Crippen molar-refractivity contribution in [3.63, 3.8) is 0 Å². The van der Waals surface area contributed by atoms with Gasteiger partial charge in [-0.2, -0.15) is 5.10 Å². The number of H-pyrrole nitrogens is 1. The van der Waals surface area contributed by atoms with Crippen LogP contribution in [0.15, 0.2) is 4.79 Å². The molecule has 0 aliphatic carbocycles. The minimum absolute atomic E-state index is 0.122. The van der Waals surface area contributed by atoms with Gasteiger partial charge in [0.15, 0.2) is 0 Å². The normalized spacial score (nSPS) is 22.5. The topological polar surface area (TPSA) is 62.7 Å². The van der Waals surface area contributed by atoms with Gasteiger partial charge in [0.25, 0.3) is 0 Å². The Bertz CT molecular complexity index is 348. The van der Waals surface area contributed by atoms with Gasteiger partial charge in [-0.15, -0.1) is 0 Å². The molecule has 5 nitrogen and oxygen atoms in total. The third kappa shape index (κ3) is 2.04. The van der Waals surface area contributed by atoms with Crippen molar-refractivity contribution >= 4 is 0 Å². The third-order valence-corrected chi connectivity index (χ3v) is 2.70. The van der Waals surface area contributed by atoms with Crippen LogP contribution in [0.5, 0.6) is 0 Å². The van der Waals surface area contributed by atoms with E-state index in [-0.39, 0.29) is 5.69 Å². The second-order valence-electron chi connectivity index (χ2n) is 3.92. The number of aromatic nitrogens is 3. The Balaban J connectivity index is 1.99. The third-order valence-electron chi connectivity index (χ3n) is 2.70. The molecule has 0 bridgehead atoms. The van der Waals surface area contributed by atoms with Gasteiger partial charge in [-0.1, -0.05) is 0 Å². The first-order valence-electron chi connectivity index (χ1n) is 5.08. The minimum atomic E-state index is -0.122. The number of nitrogens with one attached hydrogen (secondary N) is 2. The molecule has 2 heterocycles. The van der Waals surface area contributed by atoms with Crippen LogP contribution >= 0.6 is 0 Å². The summed E-state index contributed by atoms with van der Waals surface area (Å²) in [7, 11) is 1.67. The Kier molecular flexibility index (Phi) is 2.67. The molecule has 1 saturated heterocycles. The van der Waals surface area contributed by atoms with E-state index in [4.69, 9.17) is 0 Å². The number of nitrogens with zero attached hydrogens (tertiary/aromatic N) is 2. The van der Waals surface area contributed by atoms with Gasteiger partial charge >= 0.3 is 5.69 Å². The first-order chi connectivity index (χ1) is 6.75. The molecular weight excluding hydrogens is 180 g/mol. The van der Waals surface area contributed by atoms with Crippen LogP contribution in [0.25, 0.3) is 0 Å². The quantitative estimate of drug-likeness (QED) is 0.679. The number of hydrogen-bond donors (Lipinski definition) is 2. The molecule has 0 radical (unpaired) electrons. The maximum Gasteiger partial charge on any atom is 0.342 e. The molecular formula is C9H16N4O. The SMILES string of the molecule is Cn1nc(CC2CCCNC2)[nH]c1=O. The fourth-order valence-electron chi connectivity index (χ4n) is 1.92. The molecule has 1 atom stereocenters. The molecule has 0 saturated carbocycles. The van der Waals surface area contributed by atoms with Crippen LogP contribution in [0.1, 0.15) is 18.7 Å². The van der Waals surface area contributed by atoms with Crippen LogP contribution < -0.4 is 11.0 Å². The monoisotopic (exact) mass is 196 g/mol. The number of aryl methyl sites for hydroxylation is 1. The highest BCUT2D eigenvalue weighted by Gasteiger charge is 2.15. The summed E-state index contributed by atoms with van der Waals surface area (Å²) in [6, 6.07) is 0. The second kappa shape index (κ2) is 3.96. The smallest absolute Gasteiger partial charge is 0.316 e. The zero-order valence-corrected chi connectivity index (χ0v) is 8.42. The Morgan fingerprint density at radius 1 is 1.64 bits per heavy atom. The van der Waals surface area contributed by atoms with Crippen LogP contribution in [0.2, 0.25) is 0 Å². The fourth-order valence-corrected chi connectivity index (χ4v) is 1.92. The number of aromatic amines is 1.